The summed E-state index contributed by atoms with van der Waals surface area (Å²) in [5.74, 6) is -0.510. The van der Waals surface area contributed by atoms with E-state index in [1.54, 1.807) is 0 Å². The van der Waals surface area contributed by atoms with E-state index in [0.717, 1.165) is 12.8 Å². The molecule has 4 heteroatoms. The summed E-state index contributed by atoms with van der Waals surface area (Å²) in [5, 5.41) is 8.10. The average molecular weight is 330 g/mol. The fourth-order valence-electron chi connectivity index (χ4n) is 2.69. The summed E-state index contributed by atoms with van der Waals surface area (Å²) in [7, 11) is 0. The van der Waals surface area contributed by atoms with Crippen molar-refractivity contribution in [3.05, 3.63) is 0 Å². The Balaban J connectivity index is 0. The number of hydrogen-bond donors (Lipinski definition) is 1. The molecule has 22 heavy (non-hydrogen) atoms. The van der Waals surface area contributed by atoms with Gasteiger partial charge in [0.2, 0.25) is 0 Å². The van der Waals surface area contributed by atoms with Crippen LogP contribution in [0.3, 0.4) is 0 Å². The number of unbranched alkanes of at least 4 members (excludes halogenated alkanes) is 14. The molecule has 0 amide bonds. The molecular weight excluding hydrogens is 291 g/mol. The van der Waals surface area contributed by atoms with Crippen LogP contribution in [0.2, 0.25) is 0 Å². The maximum atomic E-state index is 10.7. The maximum Gasteiger partial charge on any atom is 0.342 e. The van der Waals surface area contributed by atoms with Crippen LogP contribution in [0.15, 0.2) is 0 Å². The lowest BCUT2D eigenvalue weighted by Crippen LogP contribution is -1.99. The van der Waals surface area contributed by atoms with Crippen LogP contribution < -0.4 is 0 Å². The van der Waals surface area contributed by atoms with Crippen LogP contribution >= 0.6 is 0 Å². The van der Waals surface area contributed by atoms with E-state index in [9.17, 15) is 4.79 Å². The van der Waals surface area contributed by atoms with E-state index < -0.39 is 5.97 Å². The standard InChI is InChI=1S/C18H36O3.Al.3H/c1-2-3-4-5-6-7-8-9-10-11-12-13-14-15-16-17-18(19)21-20;;;;/h20H,2-17H2,1H3;;;;. The summed E-state index contributed by atoms with van der Waals surface area (Å²) in [6.07, 6.45) is 20.0. The molecule has 0 saturated carbocycles. The van der Waals surface area contributed by atoms with Gasteiger partial charge in [0.05, 0.1) is 0 Å². The van der Waals surface area contributed by atoms with E-state index in [2.05, 4.69) is 11.8 Å². The normalized spacial score (nSPS) is 10.3. The summed E-state index contributed by atoms with van der Waals surface area (Å²) in [4.78, 5) is 14.3. The Hall–Kier alpha value is -0.0375. The number of carbonyl (C=O) groups is 1. The lowest BCUT2D eigenvalue weighted by molar-refractivity contribution is -0.234. The maximum absolute atomic E-state index is 10.7. The van der Waals surface area contributed by atoms with Gasteiger partial charge in [0.1, 0.15) is 0 Å². The molecule has 0 aliphatic rings. The van der Waals surface area contributed by atoms with Gasteiger partial charge in [-0.25, -0.2) is 4.79 Å². The van der Waals surface area contributed by atoms with Gasteiger partial charge >= 0.3 is 5.97 Å². The van der Waals surface area contributed by atoms with Crippen LogP contribution in [-0.2, 0) is 9.68 Å². The molecule has 0 fully saturated rings. The molecule has 0 radical (unpaired) electrons. The third-order valence-electron chi connectivity index (χ3n) is 4.09. The highest BCUT2D eigenvalue weighted by molar-refractivity contribution is 5.75. The van der Waals surface area contributed by atoms with Crippen molar-refractivity contribution in [2.75, 3.05) is 0 Å². The van der Waals surface area contributed by atoms with Crippen molar-refractivity contribution < 1.29 is 14.9 Å². The molecule has 0 spiro atoms. The molecule has 0 saturated heterocycles. The first-order valence-electron chi connectivity index (χ1n) is 9.15. The van der Waals surface area contributed by atoms with Crippen LogP contribution in [0, 0.1) is 0 Å². The summed E-state index contributed by atoms with van der Waals surface area (Å²) >= 11 is 0. The van der Waals surface area contributed by atoms with Crippen molar-refractivity contribution in [2.24, 2.45) is 0 Å². The van der Waals surface area contributed by atoms with Crippen molar-refractivity contribution >= 4 is 23.3 Å². The van der Waals surface area contributed by atoms with E-state index in [-0.39, 0.29) is 17.4 Å². The van der Waals surface area contributed by atoms with Crippen LogP contribution in [-0.4, -0.2) is 28.6 Å². The lowest BCUT2D eigenvalue weighted by atomic mass is 10.0. The van der Waals surface area contributed by atoms with Crippen LogP contribution in [0.5, 0.6) is 0 Å². The largest absolute Gasteiger partial charge is 0.342 e. The zero-order valence-corrected chi connectivity index (χ0v) is 14.1. The van der Waals surface area contributed by atoms with Gasteiger partial charge < -0.3 is 4.89 Å². The van der Waals surface area contributed by atoms with Gasteiger partial charge in [-0.15, -0.1) is 0 Å². The number of hydrogen-bond acceptors (Lipinski definition) is 3. The van der Waals surface area contributed by atoms with Crippen LogP contribution in [0.25, 0.3) is 0 Å². The Morgan fingerprint density at radius 2 is 1.00 bits per heavy atom. The summed E-state index contributed by atoms with van der Waals surface area (Å²) < 4.78 is 0. The monoisotopic (exact) mass is 330 g/mol. The molecule has 0 aromatic carbocycles. The molecule has 0 aliphatic carbocycles. The fraction of sp³-hybridized carbons (Fsp3) is 0.944. The van der Waals surface area contributed by atoms with Gasteiger partial charge in [-0.3, -0.25) is 0 Å². The third kappa shape index (κ3) is 20.0. The Labute approximate surface area is 148 Å². The highest BCUT2D eigenvalue weighted by atomic mass is 27.0. The molecule has 0 aliphatic heterocycles. The van der Waals surface area contributed by atoms with Crippen molar-refractivity contribution in [3.63, 3.8) is 0 Å². The first-order chi connectivity index (χ1) is 10.3. The van der Waals surface area contributed by atoms with E-state index in [1.165, 1.54) is 83.5 Å². The first-order valence-corrected chi connectivity index (χ1v) is 9.15. The smallest absolute Gasteiger partial charge is 0.301 e. The van der Waals surface area contributed by atoms with E-state index in [0.29, 0.717) is 6.42 Å². The molecule has 3 nitrogen and oxygen atoms in total. The molecule has 0 rings (SSSR count). The zero-order chi connectivity index (χ0) is 15.6. The van der Waals surface area contributed by atoms with Gasteiger partial charge in [0.15, 0.2) is 17.4 Å². The van der Waals surface area contributed by atoms with Gasteiger partial charge in [0.25, 0.3) is 0 Å². The quantitative estimate of drug-likeness (QED) is 0.186. The zero-order valence-electron chi connectivity index (χ0n) is 14.1. The van der Waals surface area contributed by atoms with E-state index in [1.807, 2.05) is 0 Å². The molecule has 0 bridgehead atoms. The second-order valence-corrected chi connectivity index (χ2v) is 6.16. The topological polar surface area (TPSA) is 46.5 Å². The minimum absolute atomic E-state index is 0. The molecule has 0 atom stereocenters. The number of carbonyl (C=O) groups excluding carboxylic acids is 1. The summed E-state index contributed by atoms with van der Waals surface area (Å²) in [6, 6.07) is 0. The van der Waals surface area contributed by atoms with Crippen LogP contribution in [0.1, 0.15) is 110 Å². The van der Waals surface area contributed by atoms with Gasteiger partial charge in [0, 0.05) is 6.42 Å². The molecule has 0 unspecified atom stereocenters. The van der Waals surface area contributed by atoms with Crippen molar-refractivity contribution in [1.82, 2.24) is 0 Å². The van der Waals surface area contributed by atoms with Gasteiger partial charge in [-0.1, -0.05) is 96.8 Å². The second kappa shape index (κ2) is 21.0. The average Bonchev–Trinajstić information content (AvgIpc) is 2.50. The van der Waals surface area contributed by atoms with Gasteiger partial charge in [-0.2, -0.15) is 5.26 Å². The summed E-state index contributed by atoms with van der Waals surface area (Å²) in [5.41, 5.74) is 0. The molecule has 0 aromatic rings. The summed E-state index contributed by atoms with van der Waals surface area (Å²) in [6.45, 7) is 2.27. The second-order valence-electron chi connectivity index (χ2n) is 6.16. The Bertz CT molecular complexity index is 222. The third-order valence-corrected chi connectivity index (χ3v) is 4.09. The highest BCUT2D eigenvalue weighted by Crippen LogP contribution is 2.13. The van der Waals surface area contributed by atoms with Crippen LogP contribution in [0.4, 0.5) is 0 Å². The van der Waals surface area contributed by atoms with E-state index in [4.69, 9.17) is 5.26 Å². The molecule has 1 N–H and O–H groups in total. The Morgan fingerprint density at radius 1 is 0.682 bits per heavy atom. The van der Waals surface area contributed by atoms with Crippen molar-refractivity contribution in [1.29, 1.82) is 0 Å². The fourth-order valence-corrected chi connectivity index (χ4v) is 2.69. The van der Waals surface area contributed by atoms with E-state index >= 15 is 0 Å². The predicted molar refractivity (Wildman–Crippen MR) is 98.2 cm³/mol. The van der Waals surface area contributed by atoms with Crippen molar-refractivity contribution in [2.45, 2.75) is 110 Å². The highest BCUT2D eigenvalue weighted by Gasteiger charge is 2.00. The molecule has 0 heterocycles. The minimum atomic E-state index is -0.510. The van der Waals surface area contributed by atoms with Gasteiger partial charge in [-0.05, 0) is 6.42 Å². The Morgan fingerprint density at radius 3 is 1.32 bits per heavy atom. The SMILES string of the molecule is CCCCCCCCCCCCCCCCCC(=O)OO.[AlH3]. The lowest BCUT2D eigenvalue weighted by Gasteiger charge is -2.03. The molecule has 0 aromatic heterocycles. The van der Waals surface area contributed by atoms with Crippen molar-refractivity contribution in [3.8, 4) is 0 Å². The molecule has 132 valence electrons. The minimum Gasteiger partial charge on any atom is -0.301 e. The predicted octanol–water partition coefficient (Wildman–Crippen LogP) is 5.08. The molecular formula is C18H39AlO3. The Kier molecular flexibility index (Phi) is 23.1. The first kappa shape index (κ1) is 24.2. The number of rotatable bonds is 16.